The van der Waals surface area contributed by atoms with Gasteiger partial charge in [0.15, 0.2) is 6.29 Å². The lowest BCUT2D eigenvalue weighted by molar-refractivity contribution is -0.245. The van der Waals surface area contributed by atoms with Crippen LogP contribution in [0.15, 0.2) is 96.2 Å². The van der Waals surface area contributed by atoms with Gasteiger partial charge in [0.1, 0.15) is 5.03 Å². The fourth-order valence-corrected chi connectivity index (χ4v) is 6.07. The van der Waals surface area contributed by atoms with Crippen LogP contribution in [0.4, 0.5) is 5.69 Å². The van der Waals surface area contributed by atoms with Crippen LogP contribution in [0.5, 0.6) is 0 Å². The molecule has 1 fully saturated rings. The number of imide groups is 1. The van der Waals surface area contributed by atoms with E-state index in [0.29, 0.717) is 39.6 Å². The number of nitrogens with zero attached hydrogens (tertiary/aromatic N) is 2. The molecular weight excluding hydrogens is 556 g/mol. The Morgan fingerprint density at radius 2 is 1.55 bits per heavy atom. The smallest absolute Gasteiger partial charge is 0.338 e. The highest BCUT2D eigenvalue weighted by Crippen LogP contribution is 2.40. The van der Waals surface area contributed by atoms with Crippen LogP contribution in [-0.2, 0) is 16.1 Å². The number of amides is 2. The first-order valence-electron chi connectivity index (χ1n) is 13.3. The van der Waals surface area contributed by atoms with Crippen molar-refractivity contribution in [2.45, 2.75) is 36.6 Å². The number of aromatic nitrogens is 1. The minimum absolute atomic E-state index is 0.0632. The summed E-state index contributed by atoms with van der Waals surface area (Å²) in [5.74, 6) is -1.34. The summed E-state index contributed by atoms with van der Waals surface area (Å²) in [7, 11) is 0. The molecule has 1 saturated heterocycles. The molecule has 2 N–H and O–H groups in total. The zero-order chi connectivity index (χ0) is 29.2. The minimum Gasteiger partial charge on any atom is -0.478 e. The van der Waals surface area contributed by atoms with Crippen LogP contribution >= 0.6 is 11.8 Å². The lowest BCUT2D eigenvalue weighted by Crippen LogP contribution is -2.31. The van der Waals surface area contributed by atoms with Gasteiger partial charge in [-0.3, -0.25) is 9.59 Å². The van der Waals surface area contributed by atoms with Gasteiger partial charge in [-0.15, -0.1) is 11.8 Å². The molecule has 3 atom stereocenters. The van der Waals surface area contributed by atoms with Gasteiger partial charge in [0.25, 0.3) is 11.8 Å². The van der Waals surface area contributed by atoms with Crippen molar-refractivity contribution in [3.8, 4) is 0 Å². The monoisotopic (exact) mass is 582 g/mol. The van der Waals surface area contributed by atoms with E-state index in [1.165, 1.54) is 17.8 Å². The van der Waals surface area contributed by atoms with Crippen molar-refractivity contribution in [1.82, 2.24) is 4.98 Å². The van der Waals surface area contributed by atoms with Crippen molar-refractivity contribution in [3.63, 3.8) is 0 Å². The average molecular weight is 583 g/mol. The van der Waals surface area contributed by atoms with E-state index in [0.717, 1.165) is 16.0 Å². The predicted octanol–water partition coefficient (Wildman–Crippen LogP) is 5.41. The molecule has 0 bridgehead atoms. The average Bonchev–Trinajstić information content (AvgIpc) is 3.29. The van der Waals surface area contributed by atoms with E-state index in [1.807, 2.05) is 24.3 Å². The van der Waals surface area contributed by atoms with E-state index in [2.05, 4.69) is 4.98 Å². The molecule has 3 aromatic carbocycles. The third-order valence-corrected chi connectivity index (χ3v) is 8.38. The van der Waals surface area contributed by atoms with E-state index < -0.39 is 12.3 Å². The van der Waals surface area contributed by atoms with Crippen molar-refractivity contribution in [1.29, 1.82) is 0 Å². The maximum atomic E-state index is 12.9. The molecule has 42 heavy (non-hydrogen) atoms. The summed E-state index contributed by atoms with van der Waals surface area (Å²) in [6.07, 6.45) is 0.677. The van der Waals surface area contributed by atoms with Gasteiger partial charge in [-0.1, -0.05) is 48.5 Å². The standard InChI is InChI=1S/C32H26N2O7S/c35-17-19-7-9-20(10-8-19)27-16-23(18-42-28-26(31(38)39)6-3-15-33-28)40-32(41-27)21-11-13-22(14-12-21)34-29(36)24-4-1-2-5-25(24)30(34)37/h1-15,23,27,32,35H,16-18H2,(H,38,39)/t23-,27+,32+/m0/s1. The largest absolute Gasteiger partial charge is 0.478 e. The second kappa shape index (κ2) is 11.9. The molecular formula is C32H26N2O7S. The first kappa shape index (κ1) is 27.8. The lowest BCUT2D eigenvalue weighted by Gasteiger charge is -2.36. The Labute approximate surface area is 245 Å². The molecule has 4 aromatic rings. The van der Waals surface area contributed by atoms with Crippen molar-refractivity contribution in [2.24, 2.45) is 0 Å². The molecule has 10 heteroatoms. The summed E-state index contributed by atoms with van der Waals surface area (Å²) in [4.78, 5) is 42.9. The van der Waals surface area contributed by atoms with Crippen molar-refractivity contribution >= 4 is 35.2 Å². The van der Waals surface area contributed by atoms with Gasteiger partial charge in [-0.05, 0) is 47.5 Å². The Kier molecular flexibility index (Phi) is 7.86. The van der Waals surface area contributed by atoms with Crippen LogP contribution in [0.3, 0.4) is 0 Å². The summed E-state index contributed by atoms with van der Waals surface area (Å²) in [5.41, 5.74) is 3.73. The van der Waals surface area contributed by atoms with Crippen LogP contribution < -0.4 is 4.90 Å². The lowest BCUT2D eigenvalue weighted by atomic mass is 10.0. The predicted molar refractivity (Wildman–Crippen MR) is 154 cm³/mol. The van der Waals surface area contributed by atoms with Gasteiger partial charge >= 0.3 is 5.97 Å². The van der Waals surface area contributed by atoms with Gasteiger partial charge in [0.2, 0.25) is 0 Å². The quantitative estimate of drug-likeness (QED) is 0.207. The van der Waals surface area contributed by atoms with Crippen molar-refractivity contribution < 1.29 is 34.1 Å². The molecule has 0 unspecified atom stereocenters. The number of rotatable bonds is 8. The number of anilines is 1. The highest BCUT2D eigenvalue weighted by atomic mass is 32.2. The Balaban J connectivity index is 1.24. The number of pyridine rings is 1. The third kappa shape index (κ3) is 5.45. The topological polar surface area (TPSA) is 126 Å². The molecule has 3 heterocycles. The molecule has 0 saturated carbocycles. The number of fused-ring (bicyclic) bond motifs is 1. The van der Waals surface area contributed by atoms with E-state index in [1.54, 1.807) is 60.8 Å². The van der Waals surface area contributed by atoms with Crippen molar-refractivity contribution in [3.05, 3.63) is 125 Å². The van der Waals surface area contributed by atoms with Gasteiger partial charge < -0.3 is 19.7 Å². The Morgan fingerprint density at radius 1 is 0.881 bits per heavy atom. The van der Waals surface area contributed by atoms with Crippen LogP contribution in [0.1, 0.15) is 66.6 Å². The number of ether oxygens (including phenoxy) is 2. The number of carboxylic acid groups (broad SMARTS) is 1. The molecule has 0 spiro atoms. The van der Waals surface area contributed by atoms with Gasteiger partial charge in [0.05, 0.1) is 41.2 Å². The molecule has 0 radical (unpaired) electrons. The van der Waals surface area contributed by atoms with Gasteiger partial charge in [-0.25, -0.2) is 14.7 Å². The first-order valence-corrected chi connectivity index (χ1v) is 14.3. The van der Waals surface area contributed by atoms with Crippen LogP contribution in [-0.4, -0.2) is 44.8 Å². The normalized spacial score (nSPS) is 20.0. The molecule has 2 aliphatic rings. The number of carbonyl (C=O) groups excluding carboxylic acids is 2. The number of carbonyl (C=O) groups is 3. The molecule has 6 rings (SSSR count). The molecule has 2 aliphatic heterocycles. The summed E-state index contributed by atoms with van der Waals surface area (Å²) in [5, 5.41) is 19.4. The summed E-state index contributed by atoms with van der Waals surface area (Å²) in [6.45, 7) is -0.0632. The number of thioether (sulfide) groups is 1. The summed E-state index contributed by atoms with van der Waals surface area (Å²) >= 11 is 1.31. The maximum Gasteiger partial charge on any atom is 0.338 e. The van der Waals surface area contributed by atoms with Crippen LogP contribution in [0.2, 0.25) is 0 Å². The highest BCUT2D eigenvalue weighted by molar-refractivity contribution is 7.99. The number of hydrogen-bond acceptors (Lipinski definition) is 8. The number of carboxylic acids is 1. The number of aliphatic hydroxyl groups is 1. The SMILES string of the molecule is O=C(O)c1cccnc1SC[C@@H]1C[C@H](c2ccc(CO)cc2)O[C@H](c2ccc(N3C(=O)c4ccccc4C3=O)cc2)O1. The first-order chi connectivity index (χ1) is 20.4. The van der Waals surface area contributed by atoms with E-state index >= 15 is 0 Å². The zero-order valence-corrected chi connectivity index (χ0v) is 23.1. The fraction of sp³-hybridized carbons (Fsp3) is 0.188. The second-order valence-corrected chi connectivity index (χ2v) is 10.9. The molecule has 9 nitrogen and oxygen atoms in total. The summed E-state index contributed by atoms with van der Waals surface area (Å²) < 4.78 is 12.7. The Bertz CT molecular complexity index is 1610. The van der Waals surface area contributed by atoms with E-state index in [4.69, 9.17) is 9.47 Å². The zero-order valence-electron chi connectivity index (χ0n) is 22.3. The molecule has 1 aromatic heterocycles. The number of aliphatic hydroxyl groups excluding tert-OH is 1. The van der Waals surface area contributed by atoms with Crippen LogP contribution in [0, 0.1) is 0 Å². The van der Waals surface area contributed by atoms with Gasteiger partial charge in [0, 0.05) is 23.9 Å². The minimum atomic E-state index is -1.05. The number of benzene rings is 3. The second-order valence-electron chi connectivity index (χ2n) is 9.91. The van der Waals surface area contributed by atoms with Crippen LogP contribution in [0.25, 0.3) is 0 Å². The van der Waals surface area contributed by atoms with E-state index in [-0.39, 0.29) is 36.2 Å². The number of aromatic carboxylic acids is 1. The third-order valence-electron chi connectivity index (χ3n) is 7.24. The fourth-order valence-electron chi connectivity index (χ4n) is 5.07. The molecule has 212 valence electrons. The Morgan fingerprint density at radius 3 is 2.19 bits per heavy atom. The van der Waals surface area contributed by atoms with Gasteiger partial charge in [-0.2, -0.15) is 0 Å². The summed E-state index contributed by atoms with van der Waals surface area (Å²) in [6, 6.07) is 24.3. The molecule has 2 amide bonds. The molecule has 0 aliphatic carbocycles. The Hall–Kier alpha value is -4.35. The number of hydrogen-bond donors (Lipinski definition) is 2. The maximum absolute atomic E-state index is 12.9. The van der Waals surface area contributed by atoms with E-state index in [9.17, 15) is 24.6 Å². The van der Waals surface area contributed by atoms with Crippen molar-refractivity contribution in [2.75, 3.05) is 10.7 Å². The highest BCUT2D eigenvalue weighted by Gasteiger charge is 2.37.